The Balaban J connectivity index is 1.39. The van der Waals surface area contributed by atoms with Gasteiger partial charge in [-0.2, -0.15) is 0 Å². The number of aromatic nitrogens is 3. The van der Waals surface area contributed by atoms with Gasteiger partial charge in [-0.1, -0.05) is 41.0 Å². The van der Waals surface area contributed by atoms with Gasteiger partial charge in [-0.05, 0) is 49.6 Å². The third-order valence-electron chi connectivity index (χ3n) is 4.74. The lowest BCUT2D eigenvalue weighted by molar-refractivity contribution is -0.119. The molecule has 1 aliphatic rings. The smallest absolute Gasteiger partial charge is 0.230 e. The Bertz CT molecular complexity index is 1000. The van der Waals surface area contributed by atoms with Crippen molar-refractivity contribution in [2.24, 2.45) is 0 Å². The number of hydrogen-bond acceptors (Lipinski definition) is 5. The molecule has 0 radical (unpaired) electrons. The van der Waals surface area contributed by atoms with Crippen molar-refractivity contribution >= 4 is 40.9 Å². The number of thioether (sulfide) groups is 1. The molecule has 4 rings (SSSR count). The lowest BCUT2D eigenvalue weighted by Gasteiger charge is -2.15. The second-order valence-electron chi connectivity index (χ2n) is 7.03. The van der Waals surface area contributed by atoms with Crippen LogP contribution in [-0.4, -0.2) is 26.4 Å². The third kappa shape index (κ3) is 4.97. The molecule has 1 amide bonds. The summed E-state index contributed by atoms with van der Waals surface area (Å²) in [5.74, 6) is 2.41. The first kappa shape index (κ1) is 20.3. The Labute approximate surface area is 183 Å². The maximum Gasteiger partial charge on any atom is 0.230 e. The van der Waals surface area contributed by atoms with Gasteiger partial charge in [-0.15, -0.1) is 10.2 Å². The molecule has 3 aromatic rings. The second-order valence-corrected chi connectivity index (χ2v) is 8.79. The highest BCUT2D eigenvalue weighted by molar-refractivity contribution is 7.99. The number of carbonyl (C=O) groups is 1. The molecule has 0 bridgehead atoms. The molecular weight excluding hydrogens is 431 g/mol. The van der Waals surface area contributed by atoms with Crippen LogP contribution < -0.4 is 5.32 Å². The first-order chi connectivity index (χ1) is 14.0. The number of nitrogens with one attached hydrogen (secondary N) is 1. The fourth-order valence-electron chi connectivity index (χ4n) is 3.04. The Morgan fingerprint density at radius 3 is 2.83 bits per heavy atom. The fourth-order valence-corrected chi connectivity index (χ4v) is 4.10. The molecule has 2 heterocycles. The van der Waals surface area contributed by atoms with Gasteiger partial charge in [-0.25, -0.2) is 0 Å². The Kier molecular flexibility index (Phi) is 6.18. The van der Waals surface area contributed by atoms with Crippen LogP contribution in [0.5, 0.6) is 0 Å². The minimum absolute atomic E-state index is 0.0888. The first-order valence-electron chi connectivity index (χ1n) is 9.34. The van der Waals surface area contributed by atoms with Crippen molar-refractivity contribution in [3.05, 3.63) is 63.8 Å². The molecule has 1 N–H and O–H groups in total. The lowest BCUT2D eigenvalue weighted by Crippen LogP contribution is -2.28. The van der Waals surface area contributed by atoms with Crippen LogP contribution in [0.2, 0.25) is 10.0 Å². The Morgan fingerprint density at radius 2 is 2.14 bits per heavy atom. The van der Waals surface area contributed by atoms with E-state index in [0.717, 1.165) is 35.1 Å². The number of nitrogens with zero attached hydrogens (tertiary/aromatic N) is 3. The SMILES string of the molecule is CC(NC(=O)CSc1nnc(C2CC2)n1Cc1ccco1)c1ccc(Cl)c(Cl)c1. The number of rotatable bonds is 8. The van der Waals surface area contributed by atoms with E-state index in [1.54, 1.807) is 18.4 Å². The van der Waals surface area contributed by atoms with Crippen LogP contribution in [0.1, 0.15) is 48.9 Å². The van der Waals surface area contributed by atoms with E-state index >= 15 is 0 Å². The van der Waals surface area contributed by atoms with Crippen LogP contribution in [0, 0.1) is 0 Å². The van der Waals surface area contributed by atoms with Gasteiger partial charge in [0.15, 0.2) is 5.16 Å². The monoisotopic (exact) mass is 450 g/mol. The Hall–Kier alpha value is -1.96. The van der Waals surface area contributed by atoms with Gasteiger partial charge in [0.2, 0.25) is 5.91 Å². The number of halogens is 2. The predicted molar refractivity (Wildman–Crippen MR) is 114 cm³/mol. The molecule has 2 aromatic heterocycles. The minimum Gasteiger partial charge on any atom is -0.467 e. The highest BCUT2D eigenvalue weighted by atomic mass is 35.5. The number of benzene rings is 1. The summed E-state index contributed by atoms with van der Waals surface area (Å²) in [6, 6.07) is 8.96. The summed E-state index contributed by atoms with van der Waals surface area (Å²) in [5, 5.41) is 13.3. The fraction of sp³-hybridized carbons (Fsp3) is 0.350. The normalized spacial score (nSPS) is 14.7. The summed E-state index contributed by atoms with van der Waals surface area (Å²) in [5.41, 5.74) is 0.898. The van der Waals surface area contributed by atoms with E-state index < -0.39 is 0 Å². The van der Waals surface area contributed by atoms with Crippen LogP contribution in [-0.2, 0) is 11.3 Å². The van der Waals surface area contributed by atoms with E-state index in [2.05, 4.69) is 20.1 Å². The van der Waals surface area contributed by atoms with E-state index in [1.165, 1.54) is 11.8 Å². The van der Waals surface area contributed by atoms with Crippen LogP contribution in [0.15, 0.2) is 46.2 Å². The molecule has 0 saturated heterocycles. The standard InChI is InChI=1S/C20H20Cl2N4O2S/c1-12(14-6-7-16(21)17(22)9-14)23-18(27)11-29-20-25-24-19(13-4-5-13)26(20)10-15-3-2-8-28-15/h2-3,6-9,12-13H,4-5,10-11H2,1H3,(H,23,27). The van der Waals surface area contributed by atoms with Gasteiger partial charge in [0, 0.05) is 5.92 Å². The van der Waals surface area contributed by atoms with Crippen LogP contribution in [0.3, 0.4) is 0 Å². The topological polar surface area (TPSA) is 73.0 Å². The first-order valence-corrected chi connectivity index (χ1v) is 11.1. The maximum atomic E-state index is 12.5. The molecular formula is C20H20Cl2N4O2S. The maximum absolute atomic E-state index is 12.5. The minimum atomic E-state index is -0.180. The van der Waals surface area contributed by atoms with Crippen molar-refractivity contribution in [2.75, 3.05) is 5.75 Å². The van der Waals surface area contributed by atoms with Gasteiger partial charge >= 0.3 is 0 Å². The molecule has 1 unspecified atom stereocenters. The summed E-state index contributed by atoms with van der Waals surface area (Å²) in [4.78, 5) is 12.5. The van der Waals surface area contributed by atoms with E-state index in [4.69, 9.17) is 27.6 Å². The van der Waals surface area contributed by atoms with Crippen LogP contribution in [0.4, 0.5) is 0 Å². The van der Waals surface area contributed by atoms with Crippen molar-refractivity contribution in [3.63, 3.8) is 0 Å². The van der Waals surface area contributed by atoms with Crippen LogP contribution >= 0.6 is 35.0 Å². The third-order valence-corrected chi connectivity index (χ3v) is 6.44. The van der Waals surface area contributed by atoms with Crippen LogP contribution in [0.25, 0.3) is 0 Å². The molecule has 1 saturated carbocycles. The summed E-state index contributed by atoms with van der Waals surface area (Å²) in [7, 11) is 0. The van der Waals surface area contributed by atoms with Crippen molar-refractivity contribution < 1.29 is 9.21 Å². The van der Waals surface area contributed by atoms with Gasteiger partial charge < -0.3 is 9.73 Å². The summed E-state index contributed by atoms with van der Waals surface area (Å²) in [6.07, 6.45) is 3.91. The zero-order valence-corrected chi connectivity index (χ0v) is 18.1. The van der Waals surface area contributed by atoms with Gasteiger partial charge in [-0.3, -0.25) is 9.36 Å². The van der Waals surface area contributed by atoms with Crippen molar-refractivity contribution in [1.29, 1.82) is 0 Å². The molecule has 1 aromatic carbocycles. The molecule has 1 fully saturated rings. The van der Waals surface area contributed by atoms with Gasteiger partial charge in [0.05, 0.1) is 34.6 Å². The number of amides is 1. The molecule has 6 nitrogen and oxygen atoms in total. The highest BCUT2D eigenvalue weighted by Crippen LogP contribution is 2.40. The molecule has 9 heteroatoms. The number of furan rings is 1. The zero-order valence-electron chi connectivity index (χ0n) is 15.8. The van der Waals surface area contributed by atoms with E-state index in [-0.39, 0.29) is 17.7 Å². The summed E-state index contributed by atoms with van der Waals surface area (Å²) in [6.45, 7) is 2.47. The molecule has 0 spiro atoms. The zero-order chi connectivity index (χ0) is 20.4. The van der Waals surface area contributed by atoms with Crippen molar-refractivity contribution in [3.8, 4) is 0 Å². The van der Waals surface area contributed by atoms with E-state index in [9.17, 15) is 4.79 Å². The summed E-state index contributed by atoms with van der Waals surface area (Å²) < 4.78 is 7.53. The predicted octanol–water partition coefficient (Wildman–Crippen LogP) is 5.07. The van der Waals surface area contributed by atoms with Gasteiger partial charge in [0.1, 0.15) is 11.6 Å². The molecule has 1 atom stereocenters. The van der Waals surface area contributed by atoms with Crippen molar-refractivity contribution in [2.45, 2.75) is 43.4 Å². The Morgan fingerprint density at radius 1 is 1.31 bits per heavy atom. The number of carbonyl (C=O) groups excluding carboxylic acids is 1. The second kappa shape index (κ2) is 8.81. The summed E-state index contributed by atoms with van der Waals surface area (Å²) >= 11 is 13.4. The molecule has 29 heavy (non-hydrogen) atoms. The quantitative estimate of drug-likeness (QED) is 0.484. The van der Waals surface area contributed by atoms with Crippen molar-refractivity contribution in [1.82, 2.24) is 20.1 Å². The molecule has 1 aliphatic carbocycles. The average molecular weight is 451 g/mol. The van der Waals surface area contributed by atoms with E-state index in [0.29, 0.717) is 22.5 Å². The average Bonchev–Trinajstić information content (AvgIpc) is 3.26. The van der Waals surface area contributed by atoms with Gasteiger partial charge in [0.25, 0.3) is 0 Å². The van der Waals surface area contributed by atoms with E-state index in [1.807, 2.05) is 25.1 Å². The molecule has 152 valence electrons. The highest BCUT2D eigenvalue weighted by Gasteiger charge is 2.30. The number of hydrogen-bond donors (Lipinski definition) is 1. The largest absolute Gasteiger partial charge is 0.467 e. The lowest BCUT2D eigenvalue weighted by atomic mass is 10.1. The molecule has 0 aliphatic heterocycles.